The number of nitrogens with zero attached hydrogens (tertiary/aromatic N) is 2. The molecule has 252 valence electrons. The lowest BCUT2D eigenvalue weighted by Crippen LogP contribution is -2.52. The van der Waals surface area contributed by atoms with E-state index in [0.717, 1.165) is 64.6 Å². The molecule has 0 unspecified atom stereocenters. The van der Waals surface area contributed by atoms with Crippen LogP contribution < -0.4 is 5.32 Å². The van der Waals surface area contributed by atoms with Crippen LogP contribution in [0.5, 0.6) is 0 Å². The second-order valence-electron chi connectivity index (χ2n) is 15.2. The van der Waals surface area contributed by atoms with Gasteiger partial charge in [0, 0.05) is 57.2 Å². The summed E-state index contributed by atoms with van der Waals surface area (Å²) in [4.78, 5) is 29.7. The molecule has 0 aromatic heterocycles. The monoisotopic (exact) mass is 625 g/mol. The number of carbonyl (C=O) groups excluding carboxylic acids is 2. The van der Waals surface area contributed by atoms with Crippen LogP contribution in [-0.4, -0.2) is 90.1 Å². The molecule has 3 heterocycles. The topological polar surface area (TPSA) is 83.6 Å². The van der Waals surface area contributed by atoms with Crippen LogP contribution in [0.2, 0.25) is 0 Å². The molecule has 2 amide bonds. The Morgan fingerprint density at radius 1 is 0.978 bits per heavy atom. The number of nitrogens with one attached hydrogen (secondary N) is 1. The molecule has 0 bridgehead atoms. The third kappa shape index (κ3) is 10.7. The SMILES string of the molecule is CC(/C=C/[C@@H]1C[C@]2(CO2)CC(C)(C)O1)=C\C[C@H]1CC[C@H](NC(=O)/C=C\[C@H](C)OC(=O)N2CCN(C3CCCCCC3)CC2)CC1. The Hall–Kier alpha value is -2.16. The molecule has 8 nitrogen and oxygen atoms in total. The molecular weight excluding hydrogens is 566 g/mol. The zero-order chi connectivity index (χ0) is 31.9. The highest BCUT2D eigenvalue weighted by Gasteiger charge is 2.53. The molecule has 0 aromatic rings. The van der Waals surface area contributed by atoms with Gasteiger partial charge in [0.1, 0.15) is 6.10 Å². The number of allylic oxidation sites excluding steroid dienone is 3. The second kappa shape index (κ2) is 15.6. The van der Waals surface area contributed by atoms with Crippen molar-refractivity contribution >= 4 is 12.0 Å². The molecule has 3 atom stereocenters. The Morgan fingerprint density at radius 3 is 2.33 bits per heavy atom. The summed E-state index contributed by atoms with van der Waals surface area (Å²) in [6, 6.07) is 0.880. The van der Waals surface area contributed by atoms with E-state index in [1.54, 1.807) is 6.08 Å². The summed E-state index contributed by atoms with van der Waals surface area (Å²) in [5.74, 6) is 0.546. The highest BCUT2D eigenvalue weighted by molar-refractivity contribution is 5.87. The smallest absolute Gasteiger partial charge is 0.410 e. The first-order valence-corrected chi connectivity index (χ1v) is 17.9. The maximum absolute atomic E-state index is 12.7. The van der Waals surface area contributed by atoms with Crippen molar-refractivity contribution in [3.8, 4) is 0 Å². The van der Waals surface area contributed by atoms with E-state index in [4.69, 9.17) is 14.2 Å². The van der Waals surface area contributed by atoms with Crippen molar-refractivity contribution in [3.63, 3.8) is 0 Å². The molecule has 2 aliphatic carbocycles. The van der Waals surface area contributed by atoms with Gasteiger partial charge in [0.2, 0.25) is 5.91 Å². The van der Waals surface area contributed by atoms with E-state index in [-0.39, 0.29) is 35.3 Å². The summed E-state index contributed by atoms with van der Waals surface area (Å²) in [7, 11) is 0. The lowest BCUT2D eigenvalue weighted by molar-refractivity contribution is -0.117. The fraction of sp³-hybridized carbons (Fsp3) is 0.784. The van der Waals surface area contributed by atoms with Gasteiger partial charge in [0.25, 0.3) is 0 Å². The lowest BCUT2D eigenvalue weighted by atomic mass is 9.83. The number of epoxide rings is 1. The van der Waals surface area contributed by atoms with Crippen molar-refractivity contribution in [2.45, 2.75) is 147 Å². The number of amides is 2. The molecule has 5 fully saturated rings. The molecule has 2 saturated carbocycles. The van der Waals surface area contributed by atoms with Crippen molar-refractivity contribution < 1.29 is 23.8 Å². The maximum Gasteiger partial charge on any atom is 0.410 e. The van der Waals surface area contributed by atoms with E-state index in [1.807, 2.05) is 11.8 Å². The summed E-state index contributed by atoms with van der Waals surface area (Å²) in [6.07, 6.45) is 24.5. The standard InChI is InChI=1S/C37H59N3O5/c1-28(12-19-33-25-37(27-43-37)26-36(3,4)45-33)11-14-30-15-17-31(18-16-30)38-34(41)20-13-29(2)44-35(42)40-23-21-39(22-24-40)32-9-7-5-6-8-10-32/h11-13,19-20,29-33H,5-10,14-18,21-27H2,1-4H3,(H,38,41)/b19-12+,20-13-,28-11+/t29-,30-,31-,33+,37+/m0/s1. The van der Waals surface area contributed by atoms with E-state index in [1.165, 1.54) is 50.2 Å². The largest absolute Gasteiger partial charge is 0.442 e. The zero-order valence-corrected chi connectivity index (χ0v) is 28.4. The summed E-state index contributed by atoms with van der Waals surface area (Å²) in [6.45, 7) is 12.4. The normalized spacial score (nSPS) is 32.5. The molecule has 8 heteroatoms. The second-order valence-corrected chi connectivity index (χ2v) is 15.2. The predicted molar refractivity (Wildman–Crippen MR) is 178 cm³/mol. The lowest BCUT2D eigenvalue weighted by Gasteiger charge is -2.38. The highest BCUT2D eigenvalue weighted by atomic mass is 16.6. The zero-order valence-electron chi connectivity index (χ0n) is 28.4. The Kier molecular flexibility index (Phi) is 11.9. The van der Waals surface area contributed by atoms with Crippen LogP contribution in [0.4, 0.5) is 4.79 Å². The third-order valence-corrected chi connectivity index (χ3v) is 10.6. The Balaban J connectivity index is 0.948. The maximum atomic E-state index is 12.7. The Morgan fingerprint density at radius 2 is 1.67 bits per heavy atom. The van der Waals surface area contributed by atoms with Gasteiger partial charge in [0.15, 0.2) is 0 Å². The van der Waals surface area contributed by atoms with Crippen LogP contribution >= 0.6 is 0 Å². The van der Waals surface area contributed by atoms with Gasteiger partial charge in [-0.15, -0.1) is 0 Å². The first-order valence-electron chi connectivity index (χ1n) is 17.9. The molecule has 5 rings (SSSR count). The average Bonchev–Trinajstić information content (AvgIpc) is 3.80. The number of rotatable bonds is 9. The quantitative estimate of drug-likeness (QED) is 0.133. The molecule has 0 aromatic carbocycles. The van der Waals surface area contributed by atoms with Crippen LogP contribution in [0.1, 0.15) is 111 Å². The van der Waals surface area contributed by atoms with Crippen molar-refractivity contribution in [3.05, 3.63) is 36.0 Å². The number of ether oxygens (including phenoxy) is 3. The first kappa shape index (κ1) is 34.2. The van der Waals surface area contributed by atoms with Crippen molar-refractivity contribution in [2.75, 3.05) is 32.8 Å². The van der Waals surface area contributed by atoms with Crippen LogP contribution in [-0.2, 0) is 19.0 Å². The van der Waals surface area contributed by atoms with E-state index in [0.29, 0.717) is 25.0 Å². The van der Waals surface area contributed by atoms with Gasteiger partial charge in [-0.2, -0.15) is 0 Å². The highest BCUT2D eigenvalue weighted by Crippen LogP contribution is 2.46. The van der Waals surface area contributed by atoms with E-state index >= 15 is 0 Å². The predicted octanol–water partition coefficient (Wildman–Crippen LogP) is 6.70. The van der Waals surface area contributed by atoms with Gasteiger partial charge in [0.05, 0.1) is 23.9 Å². The number of piperazine rings is 1. The fourth-order valence-corrected chi connectivity index (χ4v) is 8.00. The minimum absolute atomic E-state index is 0.0484. The average molecular weight is 626 g/mol. The summed E-state index contributed by atoms with van der Waals surface area (Å²) >= 11 is 0. The molecule has 45 heavy (non-hydrogen) atoms. The van der Waals surface area contributed by atoms with E-state index < -0.39 is 6.10 Å². The summed E-state index contributed by atoms with van der Waals surface area (Å²) < 4.78 is 17.7. The minimum atomic E-state index is -0.442. The number of hydrogen-bond donors (Lipinski definition) is 1. The minimum Gasteiger partial charge on any atom is -0.442 e. The van der Waals surface area contributed by atoms with Crippen LogP contribution in [0.25, 0.3) is 0 Å². The molecule has 1 spiro atoms. The van der Waals surface area contributed by atoms with Gasteiger partial charge < -0.3 is 24.4 Å². The van der Waals surface area contributed by atoms with Crippen molar-refractivity contribution in [1.29, 1.82) is 0 Å². The fourth-order valence-electron chi connectivity index (χ4n) is 8.00. The van der Waals surface area contributed by atoms with Gasteiger partial charge in [-0.1, -0.05) is 49.5 Å². The van der Waals surface area contributed by atoms with Gasteiger partial charge in [-0.3, -0.25) is 9.69 Å². The Labute approximate surface area is 272 Å². The van der Waals surface area contributed by atoms with Crippen LogP contribution in [0.3, 0.4) is 0 Å². The van der Waals surface area contributed by atoms with Gasteiger partial charge >= 0.3 is 6.09 Å². The summed E-state index contributed by atoms with van der Waals surface area (Å²) in [5.41, 5.74) is 1.19. The van der Waals surface area contributed by atoms with Gasteiger partial charge in [-0.25, -0.2) is 4.79 Å². The molecular formula is C37H59N3O5. The number of hydrogen-bond acceptors (Lipinski definition) is 6. The molecule has 3 aliphatic heterocycles. The van der Waals surface area contributed by atoms with Crippen molar-refractivity contribution in [2.24, 2.45) is 5.92 Å². The first-order chi connectivity index (χ1) is 21.6. The van der Waals surface area contributed by atoms with Crippen LogP contribution in [0, 0.1) is 5.92 Å². The number of carbonyl (C=O) groups is 2. The third-order valence-electron chi connectivity index (χ3n) is 10.6. The van der Waals surface area contributed by atoms with E-state index in [2.05, 4.69) is 49.2 Å². The molecule has 1 N–H and O–H groups in total. The Bertz CT molecular complexity index is 1070. The van der Waals surface area contributed by atoms with E-state index in [9.17, 15) is 9.59 Å². The van der Waals surface area contributed by atoms with Crippen molar-refractivity contribution in [1.82, 2.24) is 15.1 Å². The van der Waals surface area contributed by atoms with Crippen LogP contribution in [0.15, 0.2) is 36.0 Å². The molecule has 5 aliphatic rings. The molecule has 0 radical (unpaired) electrons. The summed E-state index contributed by atoms with van der Waals surface area (Å²) in [5, 5.41) is 3.16. The molecule has 3 saturated heterocycles. The van der Waals surface area contributed by atoms with Gasteiger partial charge in [-0.05, 0) is 84.6 Å².